The molecule has 0 bridgehead atoms. The summed E-state index contributed by atoms with van der Waals surface area (Å²) < 4.78 is 0. The van der Waals surface area contributed by atoms with E-state index >= 15 is 0 Å². The van der Waals surface area contributed by atoms with Crippen molar-refractivity contribution in [3.8, 4) is 0 Å². The van der Waals surface area contributed by atoms with E-state index in [0.717, 1.165) is 5.82 Å². The smallest absolute Gasteiger partial charge is 0.230 e. The largest absolute Gasteiger partial charge is 0.353 e. The zero-order chi connectivity index (χ0) is 13.1. The molecule has 0 spiro atoms. The van der Waals surface area contributed by atoms with E-state index in [1.807, 2.05) is 6.92 Å². The number of nitrogens with one attached hydrogen (secondary N) is 2. The number of aromatic nitrogens is 3. The van der Waals surface area contributed by atoms with Crippen LogP contribution in [0.15, 0.2) is 5.16 Å². The van der Waals surface area contributed by atoms with Gasteiger partial charge in [-0.3, -0.25) is 9.89 Å². The van der Waals surface area contributed by atoms with Crippen LogP contribution in [0.4, 0.5) is 0 Å². The van der Waals surface area contributed by atoms with Crippen molar-refractivity contribution in [2.24, 2.45) is 5.92 Å². The van der Waals surface area contributed by atoms with E-state index in [9.17, 15) is 4.79 Å². The molecule has 1 aliphatic carbocycles. The molecule has 6 heteroatoms. The average molecular weight is 268 g/mol. The highest BCUT2D eigenvalue weighted by atomic mass is 32.2. The molecule has 0 radical (unpaired) electrons. The maximum absolute atomic E-state index is 11.7. The van der Waals surface area contributed by atoms with Gasteiger partial charge in [0.15, 0.2) is 0 Å². The van der Waals surface area contributed by atoms with Gasteiger partial charge in [-0.25, -0.2) is 4.98 Å². The molecule has 1 amide bonds. The summed E-state index contributed by atoms with van der Waals surface area (Å²) in [6.07, 6.45) is 2.40. The topological polar surface area (TPSA) is 70.7 Å². The Morgan fingerprint density at radius 3 is 2.83 bits per heavy atom. The first-order valence-corrected chi connectivity index (χ1v) is 7.39. The molecule has 2 N–H and O–H groups in total. The third kappa shape index (κ3) is 3.73. The number of aromatic amines is 1. The van der Waals surface area contributed by atoms with E-state index < -0.39 is 0 Å². The number of rotatable bonds is 6. The van der Waals surface area contributed by atoms with E-state index in [1.165, 1.54) is 24.6 Å². The van der Waals surface area contributed by atoms with E-state index in [0.29, 0.717) is 22.7 Å². The Labute approximate surface area is 112 Å². The van der Waals surface area contributed by atoms with Crippen LogP contribution in [0.3, 0.4) is 0 Å². The Bertz CT molecular complexity index is 414. The lowest BCUT2D eigenvalue weighted by Gasteiger charge is -2.16. The number of amides is 1. The van der Waals surface area contributed by atoms with Crippen molar-refractivity contribution < 1.29 is 4.79 Å². The number of hydrogen-bond acceptors (Lipinski definition) is 4. The van der Waals surface area contributed by atoms with Gasteiger partial charge < -0.3 is 5.32 Å². The van der Waals surface area contributed by atoms with Crippen LogP contribution in [0, 0.1) is 5.92 Å². The van der Waals surface area contributed by atoms with E-state index in [-0.39, 0.29) is 11.9 Å². The summed E-state index contributed by atoms with van der Waals surface area (Å²) in [4.78, 5) is 16.1. The van der Waals surface area contributed by atoms with Gasteiger partial charge in [-0.2, -0.15) is 0 Å². The normalized spacial score (nSPS) is 16.9. The van der Waals surface area contributed by atoms with Crippen molar-refractivity contribution in [3.63, 3.8) is 0 Å². The molecule has 18 heavy (non-hydrogen) atoms. The molecule has 5 nitrogen and oxygen atoms in total. The quantitative estimate of drug-likeness (QED) is 0.773. The van der Waals surface area contributed by atoms with Gasteiger partial charge in [-0.1, -0.05) is 25.6 Å². The third-order valence-electron chi connectivity index (χ3n) is 3.17. The molecule has 1 aliphatic rings. The second kappa shape index (κ2) is 5.73. The summed E-state index contributed by atoms with van der Waals surface area (Å²) in [5.74, 6) is 2.40. The van der Waals surface area contributed by atoms with E-state index in [1.54, 1.807) is 0 Å². The van der Waals surface area contributed by atoms with Crippen LogP contribution in [-0.4, -0.2) is 32.9 Å². The molecule has 1 aromatic heterocycles. The van der Waals surface area contributed by atoms with Crippen LogP contribution in [0.2, 0.25) is 0 Å². The molecular weight excluding hydrogens is 248 g/mol. The number of hydrogen-bond donors (Lipinski definition) is 2. The molecule has 1 atom stereocenters. The molecule has 1 aromatic rings. The zero-order valence-corrected chi connectivity index (χ0v) is 11.9. The summed E-state index contributed by atoms with van der Waals surface area (Å²) in [5.41, 5.74) is 0. The first kappa shape index (κ1) is 13.4. The number of nitrogens with zero attached hydrogens (tertiary/aromatic N) is 2. The van der Waals surface area contributed by atoms with Crippen LogP contribution in [-0.2, 0) is 4.79 Å². The fourth-order valence-electron chi connectivity index (χ4n) is 1.45. The Morgan fingerprint density at radius 1 is 1.50 bits per heavy atom. The van der Waals surface area contributed by atoms with Crippen LogP contribution in [0.1, 0.15) is 45.4 Å². The number of thioether (sulfide) groups is 1. The molecule has 1 fully saturated rings. The summed E-state index contributed by atoms with van der Waals surface area (Å²) in [6.45, 7) is 6.20. The van der Waals surface area contributed by atoms with Gasteiger partial charge in [0, 0.05) is 12.0 Å². The van der Waals surface area contributed by atoms with Crippen LogP contribution < -0.4 is 5.32 Å². The lowest BCUT2D eigenvalue weighted by atomic mass is 10.1. The molecule has 2 rings (SSSR count). The second-order valence-corrected chi connectivity index (χ2v) is 6.11. The van der Waals surface area contributed by atoms with Crippen molar-refractivity contribution in [3.05, 3.63) is 5.82 Å². The SMILES string of the molecule is CC(C)C(C)NC(=O)CSc1n[nH]c(C2CC2)n1. The number of carbonyl (C=O) groups excluding carboxylic acids is 1. The highest BCUT2D eigenvalue weighted by Gasteiger charge is 2.27. The van der Waals surface area contributed by atoms with Crippen molar-refractivity contribution in [1.29, 1.82) is 0 Å². The summed E-state index contributed by atoms with van der Waals surface area (Å²) in [7, 11) is 0. The fraction of sp³-hybridized carbons (Fsp3) is 0.750. The van der Waals surface area contributed by atoms with E-state index in [2.05, 4.69) is 34.3 Å². The molecule has 1 heterocycles. The average Bonchev–Trinajstić information content (AvgIpc) is 3.06. The van der Waals surface area contributed by atoms with Crippen LogP contribution >= 0.6 is 11.8 Å². The molecular formula is C12H20N4OS. The Hall–Kier alpha value is -1.04. The Kier molecular flexibility index (Phi) is 4.27. The molecule has 1 unspecified atom stereocenters. The minimum atomic E-state index is 0.0407. The molecule has 0 aliphatic heterocycles. The Morgan fingerprint density at radius 2 is 2.22 bits per heavy atom. The minimum absolute atomic E-state index is 0.0407. The fourth-order valence-corrected chi connectivity index (χ4v) is 2.07. The molecule has 0 aromatic carbocycles. The summed E-state index contributed by atoms with van der Waals surface area (Å²) in [5, 5.41) is 10.7. The predicted octanol–water partition coefficient (Wildman–Crippen LogP) is 1.93. The standard InChI is InChI=1S/C12H20N4OS/c1-7(2)8(3)13-10(17)6-18-12-14-11(15-16-12)9-4-5-9/h7-9H,4-6H2,1-3H3,(H,13,17)(H,14,15,16). The zero-order valence-electron chi connectivity index (χ0n) is 11.1. The van der Waals surface area contributed by atoms with Crippen LogP contribution in [0.25, 0.3) is 0 Å². The Balaban J connectivity index is 1.74. The van der Waals surface area contributed by atoms with Gasteiger partial charge in [0.1, 0.15) is 5.82 Å². The minimum Gasteiger partial charge on any atom is -0.353 e. The number of H-pyrrole nitrogens is 1. The summed E-state index contributed by atoms with van der Waals surface area (Å²) >= 11 is 1.38. The highest BCUT2D eigenvalue weighted by molar-refractivity contribution is 7.99. The van der Waals surface area contributed by atoms with Crippen molar-refractivity contribution in [1.82, 2.24) is 20.5 Å². The van der Waals surface area contributed by atoms with Gasteiger partial charge >= 0.3 is 0 Å². The van der Waals surface area contributed by atoms with Gasteiger partial charge in [0.2, 0.25) is 11.1 Å². The van der Waals surface area contributed by atoms with Gasteiger partial charge in [0.05, 0.1) is 5.75 Å². The van der Waals surface area contributed by atoms with Crippen molar-refractivity contribution in [2.45, 2.75) is 50.7 Å². The van der Waals surface area contributed by atoms with Crippen LogP contribution in [0.5, 0.6) is 0 Å². The monoisotopic (exact) mass is 268 g/mol. The first-order chi connectivity index (χ1) is 8.56. The highest BCUT2D eigenvalue weighted by Crippen LogP contribution is 2.38. The lowest BCUT2D eigenvalue weighted by molar-refractivity contribution is -0.119. The maximum atomic E-state index is 11.7. The number of carbonyl (C=O) groups is 1. The van der Waals surface area contributed by atoms with Gasteiger partial charge in [-0.05, 0) is 25.7 Å². The van der Waals surface area contributed by atoms with Crippen molar-refractivity contribution in [2.75, 3.05) is 5.75 Å². The van der Waals surface area contributed by atoms with Crippen molar-refractivity contribution >= 4 is 17.7 Å². The maximum Gasteiger partial charge on any atom is 0.230 e. The summed E-state index contributed by atoms with van der Waals surface area (Å²) in [6, 6.07) is 0.201. The first-order valence-electron chi connectivity index (χ1n) is 6.40. The van der Waals surface area contributed by atoms with Gasteiger partial charge in [-0.15, -0.1) is 5.10 Å². The van der Waals surface area contributed by atoms with Gasteiger partial charge in [0.25, 0.3) is 0 Å². The molecule has 100 valence electrons. The third-order valence-corrected chi connectivity index (χ3v) is 4.01. The second-order valence-electron chi connectivity index (χ2n) is 5.17. The molecule has 0 saturated heterocycles. The van der Waals surface area contributed by atoms with E-state index in [4.69, 9.17) is 0 Å². The lowest BCUT2D eigenvalue weighted by Crippen LogP contribution is -2.37. The molecule has 1 saturated carbocycles. The predicted molar refractivity (Wildman–Crippen MR) is 71.5 cm³/mol.